The number of hydrazone groups is 1. The van der Waals surface area contributed by atoms with Crippen LogP contribution in [0.15, 0.2) is 34.5 Å². The maximum absolute atomic E-state index is 12.5. The fraction of sp³-hybridized carbons (Fsp3) is 0.500. The van der Waals surface area contributed by atoms with Gasteiger partial charge in [-0.2, -0.15) is 5.10 Å². The van der Waals surface area contributed by atoms with Crippen molar-refractivity contribution in [2.45, 2.75) is 56.4 Å². The third-order valence-corrected chi connectivity index (χ3v) is 5.73. The van der Waals surface area contributed by atoms with E-state index in [4.69, 9.17) is 0 Å². The average molecular weight is 344 g/mol. The lowest BCUT2D eigenvalue weighted by molar-refractivity contribution is -0.120. The number of carbonyl (C=O) groups excluding carboxylic acids is 1. The van der Waals surface area contributed by atoms with Crippen molar-refractivity contribution in [3.63, 3.8) is 0 Å². The Morgan fingerprint density at radius 3 is 3.04 bits per heavy atom. The second kappa shape index (κ2) is 7.83. The minimum absolute atomic E-state index is 0.0479. The Morgan fingerprint density at radius 1 is 1.46 bits per heavy atom. The monoisotopic (exact) mass is 344 g/mol. The summed E-state index contributed by atoms with van der Waals surface area (Å²) in [6, 6.07) is 7.89. The molecule has 1 saturated carbocycles. The van der Waals surface area contributed by atoms with Gasteiger partial charge in [-0.15, -0.1) is 0 Å². The van der Waals surface area contributed by atoms with E-state index in [0.717, 1.165) is 34.7 Å². The Kier molecular flexibility index (Phi) is 5.56. The van der Waals surface area contributed by atoms with Crippen molar-refractivity contribution in [1.82, 2.24) is 15.4 Å². The van der Waals surface area contributed by atoms with Gasteiger partial charge in [0, 0.05) is 5.71 Å². The first kappa shape index (κ1) is 17.0. The zero-order valence-electron chi connectivity index (χ0n) is 14.2. The third kappa shape index (κ3) is 3.98. The summed E-state index contributed by atoms with van der Waals surface area (Å²) in [6.07, 6.45) is 5.32. The number of nitrogens with zero attached hydrogens (tertiary/aromatic N) is 2. The first-order valence-electron chi connectivity index (χ1n) is 8.65. The van der Waals surface area contributed by atoms with E-state index < -0.39 is 0 Å². The van der Waals surface area contributed by atoms with Crippen LogP contribution in [0.3, 0.4) is 0 Å². The molecule has 1 heterocycles. The fourth-order valence-electron chi connectivity index (χ4n) is 2.98. The zero-order valence-corrected chi connectivity index (χ0v) is 15.0. The van der Waals surface area contributed by atoms with Gasteiger partial charge in [0.1, 0.15) is 0 Å². The largest absolute Gasteiger partial charge is 0.333 e. The van der Waals surface area contributed by atoms with Crippen molar-refractivity contribution in [1.29, 1.82) is 0 Å². The highest BCUT2D eigenvalue weighted by Crippen LogP contribution is 2.26. The van der Waals surface area contributed by atoms with Crippen LogP contribution in [0, 0.1) is 5.92 Å². The quantitative estimate of drug-likeness (QED) is 0.633. The molecule has 1 aliphatic carbocycles. The van der Waals surface area contributed by atoms with Gasteiger partial charge < -0.3 is 4.98 Å². The highest BCUT2D eigenvalue weighted by Gasteiger charge is 2.21. The number of aromatic nitrogens is 2. The van der Waals surface area contributed by atoms with Gasteiger partial charge in [0.15, 0.2) is 5.16 Å². The van der Waals surface area contributed by atoms with Gasteiger partial charge in [-0.1, -0.05) is 44.2 Å². The van der Waals surface area contributed by atoms with E-state index in [1.54, 1.807) is 0 Å². The first-order valence-corrected chi connectivity index (χ1v) is 9.53. The number of thioether (sulfide) groups is 1. The maximum Gasteiger partial charge on any atom is 0.253 e. The summed E-state index contributed by atoms with van der Waals surface area (Å²) in [5.41, 5.74) is 5.81. The molecule has 1 fully saturated rings. The van der Waals surface area contributed by atoms with E-state index in [2.05, 4.69) is 27.4 Å². The smallest absolute Gasteiger partial charge is 0.253 e. The van der Waals surface area contributed by atoms with Gasteiger partial charge in [-0.3, -0.25) is 4.79 Å². The van der Waals surface area contributed by atoms with E-state index in [1.807, 2.05) is 31.2 Å². The van der Waals surface area contributed by atoms with Crippen molar-refractivity contribution in [2.75, 3.05) is 0 Å². The normalized spacial score (nSPS) is 21.1. The number of imidazole rings is 1. The fourth-order valence-corrected chi connectivity index (χ4v) is 3.89. The summed E-state index contributed by atoms with van der Waals surface area (Å²) in [7, 11) is 0. The first-order chi connectivity index (χ1) is 11.7. The lowest BCUT2D eigenvalue weighted by atomic mass is 9.89. The lowest BCUT2D eigenvalue weighted by Crippen LogP contribution is -2.31. The molecule has 0 saturated heterocycles. The Bertz CT molecular complexity index is 706. The molecule has 2 N–H and O–H groups in total. The molecular formula is C18H24N4OS. The Hall–Kier alpha value is -1.82. The molecule has 0 aliphatic heterocycles. The summed E-state index contributed by atoms with van der Waals surface area (Å²) in [4.78, 5) is 20.3. The van der Waals surface area contributed by atoms with Crippen LogP contribution < -0.4 is 5.43 Å². The molecule has 5 nitrogen and oxygen atoms in total. The summed E-state index contributed by atoms with van der Waals surface area (Å²) < 4.78 is 0. The van der Waals surface area contributed by atoms with E-state index in [0.29, 0.717) is 5.92 Å². The Labute approximate surface area is 146 Å². The predicted molar refractivity (Wildman–Crippen MR) is 99.2 cm³/mol. The Morgan fingerprint density at radius 2 is 2.29 bits per heavy atom. The summed E-state index contributed by atoms with van der Waals surface area (Å²) in [6.45, 7) is 4.20. The maximum atomic E-state index is 12.5. The van der Waals surface area contributed by atoms with Crippen molar-refractivity contribution < 1.29 is 4.79 Å². The van der Waals surface area contributed by atoms with Crippen LogP contribution in [0.1, 0.15) is 46.0 Å². The molecule has 24 heavy (non-hydrogen) atoms. The predicted octanol–water partition coefficient (Wildman–Crippen LogP) is 4.12. The highest BCUT2D eigenvalue weighted by atomic mass is 32.2. The molecule has 0 unspecified atom stereocenters. The summed E-state index contributed by atoms with van der Waals surface area (Å²) in [5.74, 6) is 0.426. The van der Waals surface area contributed by atoms with Crippen LogP contribution in [0.2, 0.25) is 0 Å². The number of carbonyl (C=O) groups is 1. The van der Waals surface area contributed by atoms with E-state index >= 15 is 0 Å². The molecule has 2 aromatic rings. The second-order valence-corrected chi connectivity index (χ2v) is 7.49. The number of hydrogen-bond acceptors (Lipinski definition) is 4. The van der Waals surface area contributed by atoms with Crippen molar-refractivity contribution in [3.8, 4) is 0 Å². The van der Waals surface area contributed by atoms with Gasteiger partial charge in [0.05, 0.1) is 16.3 Å². The van der Waals surface area contributed by atoms with Crippen molar-refractivity contribution in [3.05, 3.63) is 24.3 Å². The number of amides is 1. The Balaban J connectivity index is 1.64. The van der Waals surface area contributed by atoms with Gasteiger partial charge in [-0.25, -0.2) is 10.4 Å². The lowest BCUT2D eigenvalue weighted by Gasteiger charge is -2.20. The molecular weight excluding hydrogens is 320 g/mol. The molecule has 0 radical (unpaired) electrons. The summed E-state index contributed by atoms with van der Waals surface area (Å²) >= 11 is 1.46. The highest BCUT2D eigenvalue weighted by molar-refractivity contribution is 8.00. The summed E-state index contributed by atoms with van der Waals surface area (Å²) in [5, 5.41) is 4.97. The number of nitrogens with one attached hydrogen (secondary N) is 2. The van der Waals surface area contributed by atoms with Gasteiger partial charge in [0.25, 0.3) is 5.91 Å². The molecule has 0 spiro atoms. The molecule has 128 valence electrons. The van der Waals surface area contributed by atoms with E-state index in [9.17, 15) is 4.79 Å². The molecule has 0 bridgehead atoms. The minimum Gasteiger partial charge on any atom is -0.333 e. The molecule has 1 aliphatic rings. The number of aromatic amines is 1. The van der Waals surface area contributed by atoms with Crippen molar-refractivity contribution >= 4 is 34.4 Å². The van der Waals surface area contributed by atoms with Gasteiger partial charge >= 0.3 is 0 Å². The van der Waals surface area contributed by atoms with Gasteiger partial charge in [-0.05, 0) is 43.7 Å². The number of fused-ring (bicyclic) bond motifs is 1. The van der Waals surface area contributed by atoms with E-state index in [-0.39, 0.29) is 11.2 Å². The topological polar surface area (TPSA) is 70.1 Å². The number of benzene rings is 1. The van der Waals surface area contributed by atoms with Crippen LogP contribution in [-0.4, -0.2) is 26.8 Å². The number of H-pyrrole nitrogens is 1. The second-order valence-electron chi connectivity index (χ2n) is 6.30. The zero-order chi connectivity index (χ0) is 16.9. The average Bonchev–Trinajstić information content (AvgIpc) is 3.01. The van der Waals surface area contributed by atoms with Crippen LogP contribution in [0.4, 0.5) is 0 Å². The number of para-hydroxylation sites is 2. The third-order valence-electron chi connectivity index (χ3n) is 4.48. The molecule has 2 atom stereocenters. The molecule has 1 amide bonds. The number of rotatable bonds is 5. The molecule has 1 aromatic carbocycles. The van der Waals surface area contributed by atoms with Crippen LogP contribution >= 0.6 is 11.8 Å². The standard InChI is InChI=1S/C18H24N4OS/c1-3-16(17(23)22-21-13-9-5-4-8-12(13)2)24-18-19-14-10-6-7-11-15(14)20-18/h6-7,10-12,16H,3-5,8-9H2,1-2H3,(H,19,20)(H,22,23)/b21-13-/t12-,16-/m0/s1. The van der Waals surface area contributed by atoms with Crippen LogP contribution in [-0.2, 0) is 4.79 Å². The molecule has 3 rings (SSSR count). The van der Waals surface area contributed by atoms with Crippen molar-refractivity contribution in [2.24, 2.45) is 11.0 Å². The van der Waals surface area contributed by atoms with E-state index in [1.165, 1.54) is 31.0 Å². The minimum atomic E-state index is -0.200. The van der Waals surface area contributed by atoms with Crippen LogP contribution in [0.25, 0.3) is 11.0 Å². The molecule has 6 heteroatoms. The molecule has 1 aromatic heterocycles. The SMILES string of the molecule is CC[C@H](Sc1nc2ccccc2[nH]1)C(=O)N/N=C1/CCCC[C@@H]1C. The van der Waals surface area contributed by atoms with Gasteiger partial charge in [0.2, 0.25) is 0 Å². The van der Waals surface area contributed by atoms with Crippen LogP contribution in [0.5, 0.6) is 0 Å². The number of hydrogen-bond donors (Lipinski definition) is 2.